The van der Waals surface area contributed by atoms with E-state index >= 15 is 0 Å². The Bertz CT molecular complexity index is 1520. The molecule has 0 spiro atoms. The first-order chi connectivity index (χ1) is 41.0. The summed E-state index contributed by atoms with van der Waals surface area (Å²) in [7, 11) is 0. The number of esters is 3. The Morgan fingerprint density at radius 1 is 0.253 bits per heavy atom. The summed E-state index contributed by atoms with van der Waals surface area (Å²) in [6, 6.07) is 0. The van der Waals surface area contributed by atoms with Crippen LogP contribution in [0.15, 0.2) is 72.9 Å². The number of unbranched alkanes of at least 4 members (excludes halogenated alkanes) is 44. The number of ether oxygens (including phenoxy) is 3. The molecular formula is C77H138O6. The van der Waals surface area contributed by atoms with E-state index in [0.717, 1.165) is 89.9 Å². The van der Waals surface area contributed by atoms with Crippen molar-refractivity contribution < 1.29 is 28.6 Å². The van der Waals surface area contributed by atoms with Gasteiger partial charge in [-0.3, -0.25) is 14.4 Å². The second-order valence-corrected chi connectivity index (χ2v) is 24.5. The van der Waals surface area contributed by atoms with Crippen LogP contribution < -0.4 is 0 Å². The number of carbonyl (C=O) groups excluding carboxylic acids is 3. The maximum Gasteiger partial charge on any atom is 0.306 e. The zero-order chi connectivity index (χ0) is 59.9. The number of carbonyl (C=O) groups is 3. The van der Waals surface area contributed by atoms with E-state index in [9.17, 15) is 14.4 Å². The lowest BCUT2D eigenvalue weighted by Gasteiger charge is -2.18. The molecule has 0 aliphatic rings. The van der Waals surface area contributed by atoms with Gasteiger partial charge in [0.15, 0.2) is 6.10 Å². The van der Waals surface area contributed by atoms with Crippen LogP contribution in [0.1, 0.15) is 380 Å². The molecule has 6 heteroatoms. The standard InChI is InChI=1S/C77H138O6/c1-4-7-10-13-16-19-22-25-28-31-34-36-37-38-39-41-43-46-49-52-55-58-61-64-67-70-76(79)82-73-74(72-81-75(78)69-66-63-60-57-54-51-48-45-42-33-30-27-24-21-18-15-12-9-6-3)83-77(80)71-68-65-62-59-56-53-50-47-44-40-35-32-29-26-23-20-17-14-11-8-5-2/h7,10,16,18-19,21,25,27-28,30,34,36,74H,4-6,8-9,11-15,17,20,22-24,26,29,31-33,35,37-73H2,1-3H3/b10-7-,19-16-,21-18-,28-25-,30-27-,36-34-. The first-order valence-corrected chi connectivity index (χ1v) is 36.4. The van der Waals surface area contributed by atoms with E-state index in [1.165, 1.54) is 250 Å². The maximum atomic E-state index is 13.0. The van der Waals surface area contributed by atoms with Crippen LogP contribution in [0.25, 0.3) is 0 Å². The Morgan fingerprint density at radius 2 is 0.470 bits per heavy atom. The van der Waals surface area contributed by atoms with Crippen LogP contribution in [-0.2, 0) is 28.6 Å². The molecule has 0 fully saturated rings. The predicted molar refractivity (Wildman–Crippen MR) is 362 cm³/mol. The molecule has 482 valence electrons. The van der Waals surface area contributed by atoms with Gasteiger partial charge in [0.2, 0.25) is 0 Å². The summed E-state index contributed by atoms with van der Waals surface area (Å²) in [5.41, 5.74) is 0. The minimum atomic E-state index is -0.778. The largest absolute Gasteiger partial charge is 0.462 e. The van der Waals surface area contributed by atoms with Gasteiger partial charge < -0.3 is 14.2 Å². The van der Waals surface area contributed by atoms with Gasteiger partial charge in [-0.15, -0.1) is 0 Å². The van der Waals surface area contributed by atoms with Gasteiger partial charge in [-0.1, -0.05) is 344 Å². The van der Waals surface area contributed by atoms with Gasteiger partial charge in [0, 0.05) is 19.3 Å². The highest BCUT2D eigenvalue weighted by atomic mass is 16.6. The van der Waals surface area contributed by atoms with E-state index in [1.54, 1.807) is 0 Å². The Morgan fingerprint density at radius 3 is 0.759 bits per heavy atom. The third-order valence-electron chi connectivity index (χ3n) is 16.2. The molecule has 0 bridgehead atoms. The van der Waals surface area contributed by atoms with Gasteiger partial charge >= 0.3 is 17.9 Å². The van der Waals surface area contributed by atoms with Crippen LogP contribution in [0.5, 0.6) is 0 Å². The number of rotatable bonds is 67. The highest BCUT2D eigenvalue weighted by molar-refractivity contribution is 5.71. The van der Waals surface area contributed by atoms with Crippen molar-refractivity contribution in [3.05, 3.63) is 72.9 Å². The van der Waals surface area contributed by atoms with Crippen LogP contribution in [0.4, 0.5) is 0 Å². The van der Waals surface area contributed by atoms with Crippen LogP contribution in [0, 0.1) is 0 Å². The molecule has 0 aromatic heterocycles. The van der Waals surface area contributed by atoms with Crippen molar-refractivity contribution >= 4 is 17.9 Å². The Kier molecular flexibility index (Phi) is 68.6. The summed E-state index contributed by atoms with van der Waals surface area (Å²) in [6.45, 7) is 6.57. The fourth-order valence-electron chi connectivity index (χ4n) is 10.8. The summed E-state index contributed by atoms with van der Waals surface area (Å²) in [4.78, 5) is 38.5. The summed E-state index contributed by atoms with van der Waals surface area (Å²) in [5.74, 6) is -0.853. The minimum Gasteiger partial charge on any atom is -0.462 e. The lowest BCUT2D eigenvalue weighted by Crippen LogP contribution is -2.30. The Labute approximate surface area is 516 Å². The van der Waals surface area contributed by atoms with Gasteiger partial charge in [0.05, 0.1) is 0 Å². The average molecular weight is 1160 g/mol. The first-order valence-electron chi connectivity index (χ1n) is 36.4. The third-order valence-corrected chi connectivity index (χ3v) is 16.2. The van der Waals surface area contributed by atoms with Gasteiger partial charge in [-0.05, 0) is 89.9 Å². The molecule has 0 saturated heterocycles. The number of allylic oxidation sites excluding steroid dienone is 12. The van der Waals surface area contributed by atoms with E-state index in [2.05, 4.69) is 93.7 Å². The van der Waals surface area contributed by atoms with Gasteiger partial charge in [-0.2, -0.15) is 0 Å². The van der Waals surface area contributed by atoms with E-state index in [1.807, 2.05) is 0 Å². The molecule has 0 heterocycles. The molecular weight excluding hydrogens is 1020 g/mol. The summed E-state index contributed by atoms with van der Waals surface area (Å²) < 4.78 is 17.0. The van der Waals surface area contributed by atoms with Gasteiger partial charge in [-0.25, -0.2) is 0 Å². The fraction of sp³-hybridized carbons (Fsp3) is 0.805. The lowest BCUT2D eigenvalue weighted by atomic mass is 10.0. The second-order valence-electron chi connectivity index (χ2n) is 24.5. The molecule has 1 unspecified atom stereocenters. The molecule has 1 atom stereocenters. The molecule has 83 heavy (non-hydrogen) atoms. The molecule has 6 nitrogen and oxygen atoms in total. The van der Waals surface area contributed by atoms with Crippen molar-refractivity contribution in [3.8, 4) is 0 Å². The fourth-order valence-corrected chi connectivity index (χ4v) is 10.8. The zero-order valence-electron chi connectivity index (χ0n) is 55.5. The van der Waals surface area contributed by atoms with Crippen molar-refractivity contribution in [1.29, 1.82) is 0 Å². The Balaban J connectivity index is 4.33. The van der Waals surface area contributed by atoms with Gasteiger partial charge in [0.1, 0.15) is 13.2 Å². The smallest absolute Gasteiger partial charge is 0.306 e. The van der Waals surface area contributed by atoms with Crippen LogP contribution in [-0.4, -0.2) is 37.2 Å². The SMILES string of the molecule is CC/C=C\C/C=C\C/C=C\C/C=C\CCCCCCCCCCCCCCC(=O)OCC(COC(=O)CCCCCCCCCCC/C=C\C/C=C\CCCCC)OC(=O)CCCCCCCCCCCCCCCCCCCCCCC. The second kappa shape index (κ2) is 71.3. The molecule has 0 saturated carbocycles. The van der Waals surface area contributed by atoms with Crippen LogP contribution in [0.2, 0.25) is 0 Å². The van der Waals surface area contributed by atoms with Crippen LogP contribution >= 0.6 is 0 Å². The number of hydrogen-bond acceptors (Lipinski definition) is 6. The minimum absolute atomic E-state index is 0.0734. The summed E-state index contributed by atoms with van der Waals surface area (Å²) >= 11 is 0. The highest BCUT2D eigenvalue weighted by Gasteiger charge is 2.19. The average Bonchev–Trinajstić information content (AvgIpc) is 3.50. The highest BCUT2D eigenvalue weighted by Crippen LogP contribution is 2.18. The van der Waals surface area contributed by atoms with Crippen molar-refractivity contribution in [2.75, 3.05) is 13.2 Å². The maximum absolute atomic E-state index is 13.0. The lowest BCUT2D eigenvalue weighted by molar-refractivity contribution is -0.167. The molecule has 0 aliphatic heterocycles. The van der Waals surface area contributed by atoms with Crippen LogP contribution in [0.3, 0.4) is 0 Å². The van der Waals surface area contributed by atoms with Crippen molar-refractivity contribution in [1.82, 2.24) is 0 Å². The first kappa shape index (κ1) is 79.8. The molecule has 0 aromatic carbocycles. The predicted octanol–water partition coefficient (Wildman–Crippen LogP) is 25.2. The topological polar surface area (TPSA) is 78.9 Å². The zero-order valence-corrected chi connectivity index (χ0v) is 55.5. The molecule has 0 aromatic rings. The van der Waals surface area contributed by atoms with Crippen molar-refractivity contribution in [2.45, 2.75) is 386 Å². The Hall–Kier alpha value is -3.15. The quantitative estimate of drug-likeness (QED) is 0.0261. The van der Waals surface area contributed by atoms with E-state index in [-0.39, 0.29) is 31.1 Å². The molecule has 0 aliphatic carbocycles. The molecule has 0 amide bonds. The monoisotopic (exact) mass is 1160 g/mol. The third kappa shape index (κ3) is 69.5. The summed E-state index contributed by atoms with van der Waals surface area (Å²) in [6.07, 6.45) is 93.5. The van der Waals surface area contributed by atoms with E-state index in [4.69, 9.17) is 14.2 Å². The summed E-state index contributed by atoms with van der Waals surface area (Å²) in [5, 5.41) is 0. The van der Waals surface area contributed by atoms with E-state index < -0.39 is 6.10 Å². The molecule has 0 N–H and O–H groups in total. The normalized spacial score (nSPS) is 12.5. The number of hydrogen-bond donors (Lipinski definition) is 0. The van der Waals surface area contributed by atoms with E-state index in [0.29, 0.717) is 19.3 Å². The van der Waals surface area contributed by atoms with Crippen molar-refractivity contribution in [3.63, 3.8) is 0 Å². The molecule has 0 rings (SSSR count). The molecule has 0 radical (unpaired) electrons. The van der Waals surface area contributed by atoms with Crippen molar-refractivity contribution in [2.24, 2.45) is 0 Å². The van der Waals surface area contributed by atoms with Gasteiger partial charge in [0.25, 0.3) is 0 Å².